The van der Waals surface area contributed by atoms with E-state index in [9.17, 15) is 0 Å². The molecule has 0 radical (unpaired) electrons. The Morgan fingerprint density at radius 3 is 3.25 bits per heavy atom. The van der Waals surface area contributed by atoms with Crippen LogP contribution in [0, 0.1) is 0 Å². The highest BCUT2D eigenvalue weighted by molar-refractivity contribution is 9.10. The van der Waals surface area contributed by atoms with Crippen molar-refractivity contribution in [2.45, 2.75) is 26.3 Å². The quantitative estimate of drug-likeness (QED) is 0.865. The largest absolute Gasteiger partial charge is 0.312 e. The Bertz CT molecular complexity index is 546. The number of nitrogens with one attached hydrogen (secondary N) is 1. The van der Waals surface area contributed by atoms with Crippen LogP contribution >= 0.6 is 15.9 Å². The van der Waals surface area contributed by atoms with Crippen LogP contribution in [0.2, 0.25) is 0 Å². The molecule has 5 heteroatoms. The second kappa shape index (κ2) is 3.82. The first-order valence-corrected chi connectivity index (χ1v) is 6.35. The van der Waals surface area contributed by atoms with Gasteiger partial charge in [0.2, 0.25) is 0 Å². The molecule has 2 aromatic rings. The van der Waals surface area contributed by atoms with Crippen LogP contribution in [0.5, 0.6) is 0 Å². The average Bonchev–Trinajstić information content (AvgIpc) is 2.67. The maximum Gasteiger partial charge on any atom is 0.169 e. The van der Waals surface area contributed by atoms with Gasteiger partial charge in [-0.25, -0.2) is 9.50 Å². The first kappa shape index (κ1) is 10.2. The van der Waals surface area contributed by atoms with Crippen LogP contribution in [-0.2, 0) is 19.4 Å². The van der Waals surface area contributed by atoms with Gasteiger partial charge in [-0.1, -0.05) is 6.92 Å². The van der Waals surface area contributed by atoms with E-state index in [1.54, 1.807) is 0 Å². The van der Waals surface area contributed by atoms with E-state index < -0.39 is 0 Å². The lowest BCUT2D eigenvalue weighted by Gasteiger charge is -2.16. The highest BCUT2D eigenvalue weighted by Crippen LogP contribution is 2.24. The molecule has 0 saturated heterocycles. The number of rotatable bonds is 1. The molecule has 1 N–H and O–H groups in total. The summed E-state index contributed by atoms with van der Waals surface area (Å²) in [6.07, 6.45) is 3.91. The molecular weight excluding hydrogens is 268 g/mol. The number of aryl methyl sites for hydroxylation is 1. The zero-order chi connectivity index (χ0) is 11.1. The summed E-state index contributed by atoms with van der Waals surface area (Å²) in [6, 6.07) is 0. The Morgan fingerprint density at radius 1 is 1.56 bits per heavy atom. The predicted molar refractivity (Wildman–Crippen MR) is 65.5 cm³/mol. The molecule has 0 aromatic carbocycles. The lowest BCUT2D eigenvalue weighted by Crippen LogP contribution is -2.26. The molecule has 0 fully saturated rings. The van der Waals surface area contributed by atoms with Crippen molar-refractivity contribution in [1.82, 2.24) is 19.9 Å². The lowest BCUT2D eigenvalue weighted by atomic mass is 10.1. The van der Waals surface area contributed by atoms with E-state index in [1.807, 2.05) is 10.7 Å². The van der Waals surface area contributed by atoms with Crippen molar-refractivity contribution in [2.24, 2.45) is 0 Å². The Labute approximate surface area is 102 Å². The number of fused-ring (bicyclic) bond motifs is 3. The molecule has 84 valence electrons. The molecule has 0 spiro atoms. The molecule has 1 aliphatic rings. The Morgan fingerprint density at radius 2 is 2.44 bits per heavy atom. The normalized spacial score (nSPS) is 15.4. The Balaban J connectivity index is 2.31. The molecule has 1 aliphatic heterocycles. The third-order valence-electron chi connectivity index (χ3n) is 3.03. The van der Waals surface area contributed by atoms with Gasteiger partial charge in [-0.2, -0.15) is 5.10 Å². The maximum absolute atomic E-state index is 4.62. The van der Waals surface area contributed by atoms with Crippen molar-refractivity contribution in [3.05, 3.63) is 27.6 Å². The molecule has 3 heterocycles. The minimum atomic E-state index is 0.900. The number of hydrogen-bond donors (Lipinski definition) is 1. The summed E-state index contributed by atoms with van der Waals surface area (Å²) in [6.45, 7) is 4.03. The smallest absolute Gasteiger partial charge is 0.169 e. The summed E-state index contributed by atoms with van der Waals surface area (Å²) in [5.41, 5.74) is 4.58. The minimum Gasteiger partial charge on any atom is -0.312 e. The summed E-state index contributed by atoms with van der Waals surface area (Å²) >= 11 is 3.58. The highest BCUT2D eigenvalue weighted by Gasteiger charge is 2.17. The van der Waals surface area contributed by atoms with E-state index in [1.165, 1.54) is 11.3 Å². The van der Waals surface area contributed by atoms with Crippen molar-refractivity contribution in [2.75, 3.05) is 6.54 Å². The minimum absolute atomic E-state index is 0.900. The van der Waals surface area contributed by atoms with E-state index in [0.29, 0.717) is 0 Å². The van der Waals surface area contributed by atoms with Gasteiger partial charge >= 0.3 is 0 Å². The molecule has 3 rings (SSSR count). The third-order valence-corrected chi connectivity index (χ3v) is 3.84. The van der Waals surface area contributed by atoms with Crippen molar-refractivity contribution in [3.8, 4) is 0 Å². The van der Waals surface area contributed by atoms with Crippen molar-refractivity contribution >= 4 is 21.6 Å². The first-order valence-electron chi connectivity index (χ1n) is 5.56. The summed E-state index contributed by atoms with van der Waals surface area (Å²) in [4.78, 5) is 4.48. The van der Waals surface area contributed by atoms with Gasteiger partial charge in [-0.05, 0) is 22.4 Å². The maximum atomic E-state index is 4.62. The first-order chi connectivity index (χ1) is 7.81. The van der Waals surface area contributed by atoms with Crippen molar-refractivity contribution in [3.63, 3.8) is 0 Å². The zero-order valence-corrected chi connectivity index (χ0v) is 10.7. The van der Waals surface area contributed by atoms with Gasteiger partial charge in [-0.3, -0.25) is 0 Å². The zero-order valence-electron chi connectivity index (χ0n) is 9.13. The Hall–Kier alpha value is -0.940. The second-order valence-electron chi connectivity index (χ2n) is 4.01. The Kier molecular flexibility index (Phi) is 2.44. The fourth-order valence-electron chi connectivity index (χ4n) is 2.15. The van der Waals surface area contributed by atoms with Crippen LogP contribution in [0.3, 0.4) is 0 Å². The van der Waals surface area contributed by atoms with Crippen LogP contribution in [0.4, 0.5) is 0 Å². The van der Waals surface area contributed by atoms with E-state index in [4.69, 9.17) is 0 Å². The lowest BCUT2D eigenvalue weighted by molar-refractivity contribution is 0.608. The van der Waals surface area contributed by atoms with Crippen LogP contribution in [0.1, 0.15) is 23.9 Å². The summed E-state index contributed by atoms with van der Waals surface area (Å²) in [5, 5.41) is 7.97. The third kappa shape index (κ3) is 1.38. The van der Waals surface area contributed by atoms with E-state index in [2.05, 4.69) is 38.3 Å². The van der Waals surface area contributed by atoms with Gasteiger partial charge in [0, 0.05) is 31.3 Å². The van der Waals surface area contributed by atoms with Gasteiger partial charge in [0.15, 0.2) is 5.65 Å². The predicted octanol–water partition coefficient (Wildman–Crippen LogP) is 1.70. The average molecular weight is 281 g/mol. The summed E-state index contributed by atoms with van der Waals surface area (Å²) in [7, 11) is 0. The number of aromatic nitrogens is 3. The molecule has 16 heavy (non-hydrogen) atoms. The van der Waals surface area contributed by atoms with Crippen LogP contribution in [-0.4, -0.2) is 21.1 Å². The van der Waals surface area contributed by atoms with Gasteiger partial charge in [0.25, 0.3) is 0 Å². The standard InChI is InChI=1S/C11H13BrN4/c1-2-8-10(12)11-14-6-7-5-13-4-3-9(7)16(11)15-8/h6,13H,2-5H2,1H3. The highest BCUT2D eigenvalue weighted by atomic mass is 79.9. The summed E-state index contributed by atoms with van der Waals surface area (Å²) < 4.78 is 3.04. The second-order valence-corrected chi connectivity index (χ2v) is 4.80. The van der Waals surface area contributed by atoms with Gasteiger partial charge < -0.3 is 5.32 Å². The molecule has 0 unspecified atom stereocenters. The fourth-order valence-corrected chi connectivity index (χ4v) is 2.78. The molecule has 0 aliphatic carbocycles. The molecule has 2 aromatic heterocycles. The van der Waals surface area contributed by atoms with Crippen LogP contribution in [0.15, 0.2) is 10.7 Å². The molecule has 0 amide bonds. The van der Waals surface area contributed by atoms with Gasteiger partial charge in [0.05, 0.1) is 15.9 Å². The van der Waals surface area contributed by atoms with E-state index in [0.717, 1.165) is 41.7 Å². The topological polar surface area (TPSA) is 42.2 Å². The van der Waals surface area contributed by atoms with Crippen LogP contribution in [0.25, 0.3) is 5.65 Å². The SMILES string of the molecule is CCc1nn2c3c(cnc2c1Br)CNCC3. The molecule has 0 atom stereocenters. The number of hydrogen-bond acceptors (Lipinski definition) is 3. The van der Waals surface area contributed by atoms with Crippen LogP contribution < -0.4 is 5.32 Å². The monoisotopic (exact) mass is 280 g/mol. The molecule has 4 nitrogen and oxygen atoms in total. The van der Waals surface area contributed by atoms with Crippen molar-refractivity contribution < 1.29 is 0 Å². The van der Waals surface area contributed by atoms with Gasteiger partial charge in [-0.15, -0.1) is 0 Å². The van der Waals surface area contributed by atoms with E-state index >= 15 is 0 Å². The number of nitrogens with zero attached hydrogens (tertiary/aromatic N) is 3. The van der Waals surface area contributed by atoms with Gasteiger partial charge in [0.1, 0.15) is 0 Å². The number of halogens is 1. The molecular formula is C11H13BrN4. The van der Waals surface area contributed by atoms with Crippen molar-refractivity contribution in [1.29, 1.82) is 0 Å². The van der Waals surface area contributed by atoms with E-state index in [-0.39, 0.29) is 0 Å². The summed E-state index contributed by atoms with van der Waals surface area (Å²) in [5.74, 6) is 0. The molecule has 0 bridgehead atoms. The fraction of sp³-hybridized carbons (Fsp3) is 0.455. The molecule has 0 saturated carbocycles.